The number of carbonyl (C=O) groups excluding carboxylic acids is 2. The van der Waals surface area contributed by atoms with Crippen molar-refractivity contribution in [1.29, 1.82) is 0 Å². The highest BCUT2D eigenvalue weighted by atomic mass is 16.5. The second kappa shape index (κ2) is 16.2. The highest BCUT2D eigenvalue weighted by Gasteiger charge is 2.17. The van der Waals surface area contributed by atoms with Gasteiger partial charge < -0.3 is 23.7 Å². The van der Waals surface area contributed by atoms with Gasteiger partial charge in [-0.05, 0) is 73.9 Å². The Labute approximate surface area is 259 Å². The average Bonchev–Trinajstić information content (AvgIpc) is 3.05. The zero-order chi connectivity index (χ0) is 31.3. The molecule has 4 rings (SSSR count). The lowest BCUT2D eigenvalue weighted by Gasteiger charge is -2.18. The number of aryl methyl sites for hydroxylation is 1. The van der Waals surface area contributed by atoms with Gasteiger partial charge in [0, 0.05) is 23.1 Å². The largest absolute Gasteiger partial charge is 0.493 e. The van der Waals surface area contributed by atoms with E-state index in [4.69, 9.17) is 23.7 Å². The van der Waals surface area contributed by atoms with Gasteiger partial charge in [-0.3, -0.25) is 4.79 Å². The molecule has 0 atom stereocenters. The third kappa shape index (κ3) is 8.40. The molecule has 0 aliphatic rings. The fourth-order valence-corrected chi connectivity index (χ4v) is 4.85. The smallest absolute Gasteiger partial charge is 0.341 e. The van der Waals surface area contributed by atoms with E-state index in [1.807, 2.05) is 73.7 Å². The molecule has 0 spiro atoms. The third-order valence-corrected chi connectivity index (χ3v) is 7.09. The van der Waals surface area contributed by atoms with E-state index in [9.17, 15) is 9.59 Å². The number of para-hydroxylation sites is 2. The van der Waals surface area contributed by atoms with Crippen molar-refractivity contribution >= 4 is 11.8 Å². The molecule has 4 aromatic rings. The van der Waals surface area contributed by atoms with Crippen molar-refractivity contribution in [1.82, 2.24) is 0 Å². The van der Waals surface area contributed by atoms with E-state index in [1.165, 1.54) is 7.11 Å². The Balaban J connectivity index is 1.41. The summed E-state index contributed by atoms with van der Waals surface area (Å²) in [5.41, 5.74) is 3.71. The molecular formula is C37H40O7. The van der Waals surface area contributed by atoms with E-state index < -0.39 is 5.97 Å². The maximum absolute atomic E-state index is 12.4. The molecule has 0 unspecified atom stereocenters. The minimum atomic E-state index is -0.456. The van der Waals surface area contributed by atoms with Gasteiger partial charge in [0.15, 0.2) is 5.78 Å². The van der Waals surface area contributed by atoms with Crippen LogP contribution in [0.15, 0.2) is 84.9 Å². The minimum Gasteiger partial charge on any atom is -0.493 e. The molecule has 7 nitrogen and oxygen atoms in total. The van der Waals surface area contributed by atoms with Crippen molar-refractivity contribution in [3.8, 4) is 28.7 Å². The summed E-state index contributed by atoms with van der Waals surface area (Å²) in [7, 11) is 1.35. The molecule has 0 fully saturated rings. The second-order valence-electron chi connectivity index (χ2n) is 10.3. The molecule has 4 aromatic carbocycles. The number of hydrogen-bond donors (Lipinski definition) is 0. The molecule has 44 heavy (non-hydrogen) atoms. The molecule has 230 valence electrons. The van der Waals surface area contributed by atoms with Crippen LogP contribution in [0.25, 0.3) is 0 Å². The standard InChI is InChI=1S/C37H40O7/c1-5-14-30-33(19-12-20-34(30)44-35-18-11-10-17-31(35)37(39)40-4)41-21-13-22-42-36-24-28(25-43-29-15-8-7-9-16-29)32(26(3)38)23-27(36)6-2/h7-12,15-20,23-24H,5-6,13-14,21-22,25H2,1-4H3. The molecule has 0 saturated carbocycles. The number of ether oxygens (including phenoxy) is 5. The molecule has 0 saturated heterocycles. The zero-order valence-electron chi connectivity index (χ0n) is 25.9. The summed E-state index contributed by atoms with van der Waals surface area (Å²) in [6, 6.07) is 26.1. The van der Waals surface area contributed by atoms with E-state index in [1.54, 1.807) is 25.1 Å². The minimum absolute atomic E-state index is 0.00538. The van der Waals surface area contributed by atoms with Gasteiger partial charge in [-0.15, -0.1) is 0 Å². The van der Waals surface area contributed by atoms with Crippen molar-refractivity contribution in [2.75, 3.05) is 20.3 Å². The Morgan fingerprint density at radius 3 is 2.07 bits per heavy atom. The fourth-order valence-electron chi connectivity index (χ4n) is 4.85. The van der Waals surface area contributed by atoms with Crippen LogP contribution in [0.2, 0.25) is 0 Å². The number of rotatable bonds is 16. The zero-order valence-corrected chi connectivity index (χ0v) is 25.9. The van der Waals surface area contributed by atoms with Crippen molar-refractivity contribution in [2.24, 2.45) is 0 Å². The number of carbonyl (C=O) groups is 2. The van der Waals surface area contributed by atoms with Crippen LogP contribution in [0.5, 0.6) is 28.7 Å². The summed E-state index contributed by atoms with van der Waals surface area (Å²) in [6.45, 7) is 6.86. The van der Waals surface area contributed by atoms with Crippen molar-refractivity contribution in [3.05, 3.63) is 113 Å². The van der Waals surface area contributed by atoms with Crippen LogP contribution in [-0.2, 0) is 24.2 Å². The normalized spacial score (nSPS) is 10.6. The predicted octanol–water partition coefficient (Wildman–Crippen LogP) is 8.41. The van der Waals surface area contributed by atoms with Gasteiger partial charge in [-0.2, -0.15) is 0 Å². The van der Waals surface area contributed by atoms with Gasteiger partial charge in [0.2, 0.25) is 0 Å². The summed E-state index contributed by atoms with van der Waals surface area (Å²) >= 11 is 0. The summed E-state index contributed by atoms with van der Waals surface area (Å²) in [5, 5.41) is 0. The molecule has 0 heterocycles. The van der Waals surface area contributed by atoms with Crippen LogP contribution in [0.4, 0.5) is 0 Å². The third-order valence-electron chi connectivity index (χ3n) is 7.09. The highest BCUT2D eigenvalue weighted by molar-refractivity contribution is 5.96. The molecule has 0 radical (unpaired) electrons. The molecule has 0 aromatic heterocycles. The van der Waals surface area contributed by atoms with E-state index in [0.29, 0.717) is 42.3 Å². The van der Waals surface area contributed by atoms with Crippen LogP contribution in [-0.4, -0.2) is 32.1 Å². The van der Waals surface area contributed by atoms with Gasteiger partial charge in [-0.25, -0.2) is 4.79 Å². The van der Waals surface area contributed by atoms with Gasteiger partial charge in [0.1, 0.15) is 40.9 Å². The monoisotopic (exact) mass is 596 g/mol. The van der Waals surface area contributed by atoms with Crippen LogP contribution >= 0.6 is 0 Å². The SMILES string of the molecule is CCCc1c(OCCCOc2cc(COc3ccccc3)c(C(C)=O)cc2CC)cccc1Oc1ccccc1C(=O)OC. The maximum atomic E-state index is 12.4. The summed E-state index contributed by atoms with van der Waals surface area (Å²) in [6.07, 6.45) is 3.02. The van der Waals surface area contributed by atoms with Gasteiger partial charge >= 0.3 is 5.97 Å². The Morgan fingerprint density at radius 1 is 0.682 bits per heavy atom. The van der Waals surface area contributed by atoms with Crippen LogP contribution in [0.3, 0.4) is 0 Å². The van der Waals surface area contributed by atoms with Crippen molar-refractivity contribution < 1.29 is 33.3 Å². The molecule has 0 N–H and O–H groups in total. The fraction of sp³-hybridized carbons (Fsp3) is 0.297. The van der Waals surface area contributed by atoms with Crippen LogP contribution in [0.1, 0.15) is 71.0 Å². The molecule has 0 bridgehead atoms. The van der Waals surface area contributed by atoms with E-state index in [2.05, 4.69) is 6.92 Å². The van der Waals surface area contributed by atoms with Gasteiger partial charge in [0.05, 0.1) is 20.3 Å². The first kappa shape index (κ1) is 32.1. The van der Waals surface area contributed by atoms with Gasteiger partial charge in [-0.1, -0.05) is 56.7 Å². The Hall–Kier alpha value is -4.78. The van der Waals surface area contributed by atoms with Crippen LogP contribution < -0.4 is 18.9 Å². The lowest BCUT2D eigenvalue weighted by atomic mass is 9.99. The Kier molecular flexibility index (Phi) is 11.8. The molecular weight excluding hydrogens is 556 g/mol. The summed E-state index contributed by atoms with van der Waals surface area (Å²) in [4.78, 5) is 24.7. The maximum Gasteiger partial charge on any atom is 0.341 e. The number of esters is 1. The summed E-state index contributed by atoms with van der Waals surface area (Å²) in [5.74, 6) is 2.83. The quantitative estimate of drug-likeness (QED) is 0.0730. The first-order chi connectivity index (χ1) is 21.4. The van der Waals surface area contributed by atoms with Crippen LogP contribution in [0, 0.1) is 0 Å². The first-order valence-electron chi connectivity index (χ1n) is 15.0. The average molecular weight is 597 g/mol. The topological polar surface area (TPSA) is 80.3 Å². The number of ketones is 1. The number of benzene rings is 4. The Bertz CT molecular complexity index is 1550. The number of Topliss-reactive ketones (excluding diaryl/α,β-unsaturated/α-hetero) is 1. The van der Waals surface area contributed by atoms with Crippen molar-refractivity contribution in [3.63, 3.8) is 0 Å². The Morgan fingerprint density at radius 2 is 1.36 bits per heavy atom. The highest BCUT2D eigenvalue weighted by Crippen LogP contribution is 2.35. The second-order valence-corrected chi connectivity index (χ2v) is 10.3. The van der Waals surface area contributed by atoms with E-state index in [0.717, 1.165) is 53.2 Å². The van der Waals surface area contributed by atoms with Crippen molar-refractivity contribution in [2.45, 2.75) is 53.1 Å². The van der Waals surface area contributed by atoms with E-state index >= 15 is 0 Å². The van der Waals surface area contributed by atoms with E-state index in [-0.39, 0.29) is 12.4 Å². The summed E-state index contributed by atoms with van der Waals surface area (Å²) < 4.78 is 29.5. The number of hydrogen-bond acceptors (Lipinski definition) is 7. The molecule has 0 aliphatic carbocycles. The molecule has 0 amide bonds. The molecule has 7 heteroatoms. The lowest BCUT2D eigenvalue weighted by Crippen LogP contribution is -2.10. The lowest BCUT2D eigenvalue weighted by molar-refractivity contribution is 0.0597. The molecule has 0 aliphatic heterocycles. The van der Waals surface area contributed by atoms with Gasteiger partial charge in [0.25, 0.3) is 0 Å². The predicted molar refractivity (Wildman–Crippen MR) is 170 cm³/mol. The number of methoxy groups -OCH3 is 1. The first-order valence-corrected chi connectivity index (χ1v) is 15.0.